The Bertz CT molecular complexity index is 385. The van der Waals surface area contributed by atoms with Gasteiger partial charge in [0.2, 0.25) is 0 Å². The molecule has 4 heteroatoms. The molecule has 2 rings (SSSR count). The van der Waals surface area contributed by atoms with Crippen molar-refractivity contribution in [2.75, 3.05) is 36.5 Å². The van der Waals surface area contributed by atoms with Gasteiger partial charge < -0.3 is 10.2 Å². The predicted molar refractivity (Wildman–Crippen MR) is 78.5 cm³/mol. The first-order chi connectivity index (χ1) is 8.75. The molecular formula is C14H22N2OS. The fourth-order valence-electron chi connectivity index (χ4n) is 2.25. The van der Waals surface area contributed by atoms with E-state index >= 15 is 0 Å². The lowest BCUT2D eigenvalue weighted by molar-refractivity contribution is 0.676. The van der Waals surface area contributed by atoms with Crippen molar-refractivity contribution in [2.24, 2.45) is 0 Å². The molecule has 18 heavy (non-hydrogen) atoms. The van der Waals surface area contributed by atoms with E-state index in [1.165, 1.54) is 37.2 Å². The molecule has 1 heterocycles. The van der Waals surface area contributed by atoms with Crippen LogP contribution in [0.15, 0.2) is 24.3 Å². The monoisotopic (exact) mass is 266 g/mol. The Kier molecular flexibility index (Phi) is 5.20. The largest absolute Gasteiger partial charge is 0.372 e. The molecule has 0 amide bonds. The van der Waals surface area contributed by atoms with Gasteiger partial charge in [-0.3, -0.25) is 4.21 Å². The third-order valence-electron chi connectivity index (χ3n) is 3.30. The highest BCUT2D eigenvalue weighted by Gasteiger charge is 2.11. The van der Waals surface area contributed by atoms with Gasteiger partial charge >= 0.3 is 0 Å². The van der Waals surface area contributed by atoms with Crippen molar-refractivity contribution >= 4 is 16.5 Å². The summed E-state index contributed by atoms with van der Waals surface area (Å²) in [5.74, 6) is 0.728. The summed E-state index contributed by atoms with van der Waals surface area (Å²) in [7, 11) is -0.698. The molecule has 1 aromatic rings. The summed E-state index contributed by atoms with van der Waals surface area (Å²) in [4.78, 5) is 2.44. The maximum atomic E-state index is 10.9. The highest BCUT2D eigenvalue weighted by atomic mass is 32.2. The predicted octanol–water partition coefficient (Wildman–Crippen LogP) is 1.75. The van der Waals surface area contributed by atoms with Gasteiger partial charge in [-0.25, -0.2) is 0 Å². The van der Waals surface area contributed by atoms with E-state index in [1.54, 1.807) is 6.26 Å². The Morgan fingerprint density at radius 2 is 1.89 bits per heavy atom. The third-order valence-corrected chi connectivity index (χ3v) is 4.08. The van der Waals surface area contributed by atoms with E-state index in [4.69, 9.17) is 0 Å². The van der Waals surface area contributed by atoms with Crippen LogP contribution in [0.1, 0.15) is 18.4 Å². The van der Waals surface area contributed by atoms with Gasteiger partial charge in [0.05, 0.1) is 0 Å². The van der Waals surface area contributed by atoms with Crippen LogP contribution in [0.4, 0.5) is 5.69 Å². The molecule has 1 aliphatic rings. The van der Waals surface area contributed by atoms with Crippen molar-refractivity contribution < 1.29 is 4.21 Å². The van der Waals surface area contributed by atoms with Crippen LogP contribution in [-0.4, -0.2) is 35.9 Å². The Balaban J connectivity index is 1.78. The summed E-state index contributed by atoms with van der Waals surface area (Å²) in [5, 5.41) is 3.32. The molecule has 100 valence electrons. The van der Waals surface area contributed by atoms with Crippen molar-refractivity contribution in [1.82, 2.24) is 5.32 Å². The molecule has 0 radical (unpaired) electrons. The van der Waals surface area contributed by atoms with Crippen LogP contribution in [0.25, 0.3) is 0 Å². The summed E-state index contributed by atoms with van der Waals surface area (Å²) in [6.45, 7) is 4.06. The zero-order chi connectivity index (χ0) is 12.8. The average molecular weight is 266 g/mol. The molecule has 1 fully saturated rings. The van der Waals surface area contributed by atoms with Gasteiger partial charge in [-0.2, -0.15) is 0 Å². The van der Waals surface area contributed by atoms with E-state index in [9.17, 15) is 4.21 Å². The third kappa shape index (κ3) is 4.10. The highest BCUT2D eigenvalue weighted by Crippen LogP contribution is 2.20. The van der Waals surface area contributed by atoms with Crippen molar-refractivity contribution in [1.29, 1.82) is 0 Å². The summed E-state index contributed by atoms with van der Waals surface area (Å²) >= 11 is 0. The first-order valence-electron chi connectivity index (χ1n) is 6.60. The van der Waals surface area contributed by atoms with Crippen LogP contribution in [-0.2, 0) is 17.3 Å². The van der Waals surface area contributed by atoms with Gasteiger partial charge in [-0.1, -0.05) is 12.1 Å². The van der Waals surface area contributed by atoms with Gasteiger partial charge in [0.1, 0.15) is 0 Å². The summed E-state index contributed by atoms with van der Waals surface area (Å²) < 4.78 is 10.9. The number of nitrogens with zero attached hydrogens (tertiary/aromatic N) is 1. The second-order valence-electron chi connectivity index (χ2n) is 4.81. The molecule has 0 aromatic heterocycles. The number of anilines is 1. The number of rotatable bonds is 6. The van der Waals surface area contributed by atoms with Gasteiger partial charge in [0.25, 0.3) is 0 Å². The molecule has 1 aliphatic heterocycles. The first kappa shape index (κ1) is 13.6. The van der Waals surface area contributed by atoms with Crippen molar-refractivity contribution in [2.45, 2.75) is 19.4 Å². The van der Waals surface area contributed by atoms with Gasteiger partial charge in [0.15, 0.2) is 0 Å². The smallest absolute Gasteiger partial charge is 0.0366 e. The Labute approximate surface area is 112 Å². The van der Waals surface area contributed by atoms with Crippen molar-refractivity contribution in [3.05, 3.63) is 29.8 Å². The normalized spacial score (nSPS) is 17.1. The van der Waals surface area contributed by atoms with Crippen LogP contribution in [0.5, 0.6) is 0 Å². The molecule has 1 aromatic carbocycles. The quantitative estimate of drug-likeness (QED) is 0.796. The molecule has 1 saturated heterocycles. The maximum Gasteiger partial charge on any atom is 0.0366 e. The SMILES string of the molecule is CS(=O)CCNCc1ccc(N2CCCC2)cc1. The van der Waals surface area contributed by atoms with Crippen LogP contribution >= 0.6 is 0 Å². The second kappa shape index (κ2) is 6.90. The standard InChI is InChI=1S/C14H22N2OS/c1-18(17)11-8-15-12-13-4-6-14(7-5-13)16-9-2-3-10-16/h4-7,15H,2-3,8-12H2,1H3. The van der Waals surface area contributed by atoms with Crippen LogP contribution in [0.2, 0.25) is 0 Å². The lowest BCUT2D eigenvalue weighted by atomic mass is 10.2. The minimum Gasteiger partial charge on any atom is -0.372 e. The molecule has 0 spiro atoms. The first-order valence-corrected chi connectivity index (χ1v) is 8.33. The summed E-state index contributed by atoms with van der Waals surface area (Å²) in [6.07, 6.45) is 4.38. The molecule has 1 N–H and O–H groups in total. The number of benzene rings is 1. The average Bonchev–Trinajstić information content (AvgIpc) is 2.89. The highest BCUT2D eigenvalue weighted by molar-refractivity contribution is 7.84. The van der Waals surface area contributed by atoms with E-state index in [0.717, 1.165) is 18.8 Å². The topological polar surface area (TPSA) is 32.3 Å². The number of hydrogen-bond acceptors (Lipinski definition) is 3. The lowest BCUT2D eigenvalue weighted by Crippen LogP contribution is -2.20. The number of hydrogen-bond donors (Lipinski definition) is 1. The van der Waals surface area contributed by atoms with Crippen molar-refractivity contribution in [3.63, 3.8) is 0 Å². The Hall–Kier alpha value is -0.870. The van der Waals surface area contributed by atoms with E-state index in [1.807, 2.05) is 0 Å². The molecule has 1 atom stereocenters. The minimum atomic E-state index is -0.698. The Morgan fingerprint density at radius 3 is 2.50 bits per heavy atom. The molecule has 0 saturated carbocycles. The Morgan fingerprint density at radius 1 is 1.22 bits per heavy atom. The molecule has 0 bridgehead atoms. The van der Waals surface area contributed by atoms with E-state index in [-0.39, 0.29) is 0 Å². The van der Waals surface area contributed by atoms with Gasteiger partial charge in [-0.15, -0.1) is 0 Å². The summed E-state index contributed by atoms with van der Waals surface area (Å²) in [5.41, 5.74) is 2.63. The molecule has 0 aliphatic carbocycles. The fourth-order valence-corrected chi connectivity index (χ4v) is 2.68. The zero-order valence-corrected chi connectivity index (χ0v) is 11.8. The van der Waals surface area contributed by atoms with Crippen molar-refractivity contribution in [3.8, 4) is 0 Å². The molecule has 3 nitrogen and oxygen atoms in total. The lowest BCUT2D eigenvalue weighted by Gasteiger charge is -2.17. The van der Waals surface area contributed by atoms with Crippen LogP contribution in [0.3, 0.4) is 0 Å². The minimum absolute atomic E-state index is 0.698. The molecule has 1 unspecified atom stereocenters. The van der Waals surface area contributed by atoms with Gasteiger partial charge in [0, 0.05) is 54.7 Å². The van der Waals surface area contributed by atoms with Crippen LogP contribution in [0, 0.1) is 0 Å². The summed E-state index contributed by atoms with van der Waals surface area (Å²) in [6, 6.07) is 8.79. The van der Waals surface area contributed by atoms with E-state index < -0.39 is 10.8 Å². The maximum absolute atomic E-state index is 10.9. The number of nitrogens with one attached hydrogen (secondary N) is 1. The van der Waals surface area contributed by atoms with Crippen LogP contribution < -0.4 is 10.2 Å². The van der Waals surface area contributed by atoms with Gasteiger partial charge in [-0.05, 0) is 30.5 Å². The van der Waals surface area contributed by atoms with E-state index in [2.05, 4.69) is 34.5 Å². The molecular weight excluding hydrogens is 244 g/mol. The fraction of sp³-hybridized carbons (Fsp3) is 0.571. The van der Waals surface area contributed by atoms with E-state index in [0.29, 0.717) is 0 Å². The second-order valence-corrected chi connectivity index (χ2v) is 6.37. The zero-order valence-electron chi connectivity index (χ0n) is 11.0.